The molecule has 0 aliphatic rings. The molecule has 1 rings (SSSR count). The number of hydrogen-bond acceptors (Lipinski definition) is 4. The van der Waals surface area contributed by atoms with Crippen LogP contribution in [-0.4, -0.2) is 11.9 Å². The molecule has 128 valence electrons. The average Bonchev–Trinajstić information content (AvgIpc) is 2.64. The Hall–Kier alpha value is -3.40. The van der Waals surface area contributed by atoms with Crippen LogP contribution in [0.3, 0.4) is 0 Å². The first-order valence-electron chi connectivity index (χ1n) is 7.51. The third kappa shape index (κ3) is 5.95. The van der Waals surface area contributed by atoms with E-state index < -0.39 is 11.9 Å². The van der Waals surface area contributed by atoms with Gasteiger partial charge in [0.15, 0.2) is 11.5 Å². The molecule has 0 atom stereocenters. The number of ether oxygens (including phenoxy) is 2. The monoisotopic (exact) mass is 336 g/mol. The maximum Gasteiger partial charge on any atom is 0.343 e. The Morgan fingerprint density at radius 2 is 1.56 bits per heavy atom. The van der Waals surface area contributed by atoms with Crippen LogP contribution in [0.1, 0.15) is 17.3 Å². The van der Waals surface area contributed by atoms with Gasteiger partial charge in [0.2, 0.25) is 0 Å². The summed E-state index contributed by atoms with van der Waals surface area (Å²) in [7, 11) is 0. The first-order chi connectivity index (χ1) is 12.1. The quantitative estimate of drug-likeness (QED) is 0.300. The molecule has 1 aromatic rings. The standard InChI is InChI=1S/C21H20O4/c1-5-12-16(7-3)20(22)24-18(8-4)19(13-6-2)25-21(23)17-14-10-9-11-15-17/h5-15H,1-3H2,4H3/b16-12+,18-8+,19-13+. The highest BCUT2D eigenvalue weighted by Gasteiger charge is 2.18. The van der Waals surface area contributed by atoms with Gasteiger partial charge in [0.05, 0.1) is 11.1 Å². The molecule has 4 nitrogen and oxygen atoms in total. The fraction of sp³-hybridized carbons (Fsp3) is 0.0476. The minimum Gasteiger partial charge on any atom is -0.419 e. The Morgan fingerprint density at radius 1 is 0.920 bits per heavy atom. The van der Waals surface area contributed by atoms with Crippen LogP contribution in [-0.2, 0) is 14.3 Å². The molecule has 0 saturated heterocycles. The summed E-state index contributed by atoms with van der Waals surface area (Å²) in [6.45, 7) is 12.3. The van der Waals surface area contributed by atoms with Gasteiger partial charge in [-0.15, -0.1) is 0 Å². The van der Waals surface area contributed by atoms with Crippen LogP contribution in [0.5, 0.6) is 0 Å². The summed E-state index contributed by atoms with van der Waals surface area (Å²) in [6.07, 6.45) is 8.65. The minimum absolute atomic E-state index is 0.0710. The molecule has 0 bridgehead atoms. The SMILES string of the molecule is C=C/C=C(\C=C)C(=O)OC(=C/C)/C(=C\C=C)OC(=O)c1ccccc1. The maximum atomic E-state index is 12.2. The van der Waals surface area contributed by atoms with Crippen molar-refractivity contribution < 1.29 is 19.1 Å². The number of carbonyl (C=O) groups excluding carboxylic acids is 2. The lowest BCUT2D eigenvalue weighted by Crippen LogP contribution is -2.12. The number of rotatable bonds is 8. The first kappa shape index (κ1) is 19.6. The van der Waals surface area contributed by atoms with Gasteiger partial charge < -0.3 is 9.47 Å². The van der Waals surface area contributed by atoms with Crippen LogP contribution in [0, 0.1) is 0 Å². The largest absolute Gasteiger partial charge is 0.419 e. The zero-order valence-corrected chi connectivity index (χ0v) is 14.1. The Kier molecular flexibility index (Phi) is 8.16. The van der Waals surface area contributed by atoms with Crippen molar-refractivity contribution in [3.8, 4) is 0 Å². The van der Waals surface area contributed by atoms with Crippen LogP contribution >= 0.6 is 0 Å². The summed E-state index contributed by atoms with van der Waals surface area (Å²) in [5, 5.41) is 0. The van der Waals surface area contributed by atoms with Gasteiger partial charge in [-0.05, 0) is 37.3 Å². The van der Waals surface area contributed by atoms with Crippen molar-refractivity contribution in [3.63, 3.8) is 0 Å². The molecule has 0 fully saturated rings. The van der Waals surface area contributed by atoms with Crippen molar-refractivity contribution in [2.24, 2.45) is 0 Å². The van der Waals surface area contributed by atoms with Crippen molar-refractivity contribution in [1.29, 1.82) is 0 Å². The zero-order chi connectivity index (χ0) is 18.7. The maximum absolute atomic E-state index is 12.2. The van der Waals surface area contributed by atoms with Gasteiger partial charge in [-0.3, -0.25) is 0 Å². The van der Waals surface area contributed by atoms with Gasteiger partial charge in [-0.1, -0.05) is 56.2 Å². The molecule has 25 heavy (non-hydrogen) atoms. The molecule has 0 aliphatic carbocycles. The van der Waals surface area contributed by atoms with Gasteiger partial charge in [0, 0.05) is 0 Å². The molecule has 0 aromatic heterocycles. The fourth-order valence-electron chi connectivity index (χ4n) is 1.76. The van der Waals surface area contributed by atoms with Crippen LogP contribution in [0.25, 0.3) is 0 Å². The van der Waals surface area contributed by atoms with Gasteiger partial charge in [0.1, 0.15) is 0 Å². The summed E-state index contributed by atoms with van der Waals surface area (Å²) in [6, 6.07) is 8.48. The van der Waals surface area contributed by atoms with Crippen molar-refractivity contribution >= 4 is 11.9 Å². The fourth-order valence-corrected chi connectivity index (χ4v) is 1.76. The van der Waals surface area contributed by atoms with Crippen LogP contribution in [0.4, 0.5) is 0 Å². The summed E-state index contributed by atoms with van der Waals surface area (Å²) >= 11 is 0. The summed E-state index contributed by atoms with van der Waals surface area (Å²) < 4.78 is 10.6. The molecule has 0 saturated carbocycles. The van der Waals surface area contributed by atoms with E-state index in [1.54, 1.807) is 37.3 Å². The highest BCUT2D eigenvalue weighted by Crippen LogP contribution is 2.18. The summed E-state index contributed by atoms with van der Waals surface area (Å²) in [4.78, 5) is 24.4. The predicted molar refractivity (Wildman–Crippen MR) is 98.5 cm³/mol. The second-order valence-corrected chi connectivity index (χ2v) is 4.63. The molecule has 0 spiro atoms. The lowest BCUT2D eigenvalue weighted by molar-refractivity contribution is -0.134. The van der Waals surface area contributed by atoms with E-state index in [2.05, 4.69) is 19.7 Å². The van der Waals surface area contributed by atoms with Gasteiger partial charge in [-0.2, -0.15) is 0 Å². The second-order valence-electron chi connectivity index (χ2n) is 4.63. The van der Waals surface area contributed by atoms with E-state index in [1.807, 2.05) is 0 Å². The molecule has 1 aromatic carbocycles. The summed E-state index contributed by atoms with van der Waals surface area (Å²) in [5.74, 6) is -1.06. The van der Waals surface area contributed by atoms with Crippen molar-refractivity contribution in [2.75, 3.05) is 0 Å². The van der Waals surface area contributed by atoms with Crippen molar-refractivity contribution in [1.82, 2.24) is 0 Å². The van der Waals surface area contributed by atoms with E-state index >= 15 is 0 Å². The third-order valence-electron chi connectivity index (χ3n) is 2.94. The lowest BCUT2D eigenvalue weighted by atomic mass is 10.2. The minimum atomic E-state index is -0.645. The Balaban J connectivity index is 3.01. The molecule has 0 amide bonds. The average molecular weight is 336 g/mol. The van der Waals surface area contributed by atoms with E-state index in [4.69, 9.17) is 9.47 Å². The van der Waals surface area contributed by atoms with Crippen molar-refractivity contribution in [2.45, 2.75) is 6.92 Å². The van der Waals surface area contributed by atoms with Crippen LogP contribution in [0.2, 0.25) is 0 Å². The highest BCUT2D eigenvalue weighted by molar-refractivity contribution is 5.93. The highest BCUT2D eigenvalue weighted by atomic mass is 16.6. The third-order valence-corrected chi connectivity index (χ3v) is 2.94. The molecule has 0 aliphatic heterocycles. The molecular weight excluding hydrogens is 316 g/mol. The number of carbonyl (C=O) groups is 2. The van der Waals surface area contributed by atoms with Crippen molar-refractivity contribution in [3.05, 3.63) is 109 Å². The lowest BCUT2D eigenvalue weighted by Gasteiger charge is -2.13. The van der Waals surface area contributed by atoms with E-state index in [1.165, 1.54) is 36.5 Å². The van der Waals surface area contributed by atoms with Crippen LogP contribution in [0.15, 0.2) is 104 Å². The van der Waals surface area contributed by atoms with Gasteiger partial charge >= 0.3 is 11.9 Å². The van der Waals surface area contributed by atoms with E-state index in [0.717, 1.165) is 0 Å². The molecule has 0 unspecified atom stereocenters. The summed E-state index contributed by atoms with van der Waals surface area (Å²) in [5.41, 5.74) is 0.597. The van der Waals surface area contributed by atoms with E-state index in [0.29, 0.717) is 5.56 Å². The molecule has 0 heterocycles. The normalized spacial score (nSPS) is 12.1. The smallest absolute Gasteiger partial charge is 0.343 e. The molecule has 4 heteroatoms. The number of benzene rings is 1. The zero-order valence-electron chi connectivity index (χ0n) is 14.1. The molecular formula is C21H20O4. The molecule has 0 N–H and O–H groups in total. The topological polar surface area (TPSA) is 52.6 Å². The number of esters is 2. The van der Waals surface area contributed by atoms with Gasteiger partial charge in [-0.25, -0.2) is 9.59 Å². The van der Waals surface area contributed by atoms with Crippen LogP contribution < -0.4 is 0 Å². The molecule has 0 radical (unpaired) electrons. The Morgan fingerprint density at radius 3 is 2.08 bits per heavy atom. The Bertz CT molecular complexity index is 749. The number of hydrogen-bond donors (Lipinski definition) is 0. The van der Waals surface area contributed by atoms with E-state index in [-0.39, 0.29) is 17.1 Å². The Labute approximate surface area is 147 Å². The number of allylic oxidation sites excluding steroid dienone is 5. The van der Waals surface area contributed by atoms with Gasteiger partial charge in [0.25, 0.3) is 0 Å². The van der Waals surface area contributed by atoms with E-state index in [9.17, 15) is 9.59 Å². The second kappa shape index (κ2) is 10.4. The first-order valence-corrected chi connectivity index (χ1v) is 7.51. The predicted octanol–water partition coefficient (Wildman–Crippen LogP) is 4.66.